The minimum absolute atomic E-state index is 0.0750. The molecule has 3 N–H and O–H groups in total. The molecular weight excluding hydrogens is 315 g/mol. The second-order valence-electron chi connectivity index (χ2n) is 6.33. The van der Waals surface area contributed by atoms with E-state index in [1.54, 1.807) is 20.8 Å². The number of hydrogen-bond donors (Lipinski definition) is 3. The molecule has 0 spiro atoms. The first kappa shape index (κ1) is 17.7. The quantitative estimate of drug-likeness (QED) is 0.781. The van der Waals surface area contributed by atoms with Gasteiger partial charge in [-0.1, -0.05) is 13.8 Å². The lowest BCUT2D eigenvalue weighted by Crippen LogP contribution is -2.51. The highest BCUT2D eigenvalue weighted by atomic mass is 19.1. The summed E-state index contributed by atoms with van der Waals surface area (Å²) in [5.74, 6) is -2.30. The molecule has 1 unspecified atom stereocenters. The molecule has 1 atom stereocenters. The third-order valence-electron chi connectivity index (χ3n) is 4.24. The highest BCUT2D eigenvalue weighted by Gasteiger charge is 2.33. The van der Waals surface area contributed by atoms with Crippen molar-refractivity contribution in [3.8, 4) is 0 Å². The van der Waals surface area contributed by atoms with Gasteiger partial charge >= 0.3 is 5.97 Å². The number of carboxylic acid groups (broad SMARTS) is 1. The highest BCUT2D eigenvalue weighted by Crippen LogP contribution is 2.23. The lowest BCUT2D eigenvalue weighted by molar-refractivity contribution is -0.138. The molecule has 0 radical (unpaired) electrons. The molecule has 128 valence electrons. The number of carbonyl (C=O) groups is 2. The number of fused-ring (bicyclic) bond motifs is 1. The molecule has 1 heterocycles. The number of aromatic amines is 1. The minimum Gasteiger partial charge on any atom is -0.481 e. The Morgan fingerprint density at radius 1 is 1.33 bits per heavy atom. The van der Waals surface area contributed by atoms with E-state index in [4.69, 9.17) is 5.11 Å². The van der Waals surface area contributed by atoms with Crippen molar-refractivity contribution >= 4 is 22.8 Å². The number of H-pyrrole nitrogens is 1. The molecular formula is C17H19FN2O4. The molecule has 2 aromatic rings. The Morgan fingerprint density at radius 2 is 2.00 bits per heavy atom. The van der Waals surface area contributed by atoms with Gasteiger partial charge in [0.1, 0.15) is 5.82 Å². The maximum Gasteiger partial charge on any atom is 0.305 e. The van der Waals surface area contributed by atoms with Gasteiger partial charge in [0.25, 0.3) is 5.91 Å². The maximum absolute atomic E-state index is 13.3. The number of hydrogen-bond acceptors (Lipinski definition) is 3. The molecule has 6 nitrogen and oxygen atoms in total. The largest absolute Gasteiger partial charge is 0.481 e. The summed E-state index contributed by atoms with van der Waals surface area (Å²) in [5, 5.41) is 12.2. The monoisotopic (exact) mass is 334 g/mol. The van der Waals surface area contributed by atoms with Gasteiger partial charge in [0.05, 0.1) is 23.0 Å². The predicted molar refractivity (Wildman–Crippen MR) is 87.5 cm³/mol. The van der Waals surface area contributed by atoms with Crippen LogP contribution in [0.1, 0.15) is 37.6 Å². The van der Waals surface area contributed by atoms with E-state index in [9.17, 15) is 18.8 Å². The van der Waals surface area contributed by atoms with Crippen LogP contribution in [-0.2, 0) is 4.79 Å². The molecule has 0 saturated heterocycles. The third-order valence-corrected chi connectivity index (χ3v) is 4.24. The van der Waals surface area contributed by atoms with Crippen LogP contribution in [0.4, 0.5) is 4.39 Å². The Kier molecular flexibility index (Phi) is 4.73. The van der Waals surface area contributed by atoms with E-state index < -0.39 is 28.8 Å². The van der Waals surface area contributed by atoms with Crippen LogP contribution >= 0.6 is 0 Å². The average molecular weight is 334 g/mol. The number of pyridine rings is 1. The molecule has 0 saturated carbocycles. The number of amides is 1. The predicted octanol–water partition coefficient (Wildman–Crippen LogP) is 2.29. The fraction of sp³-hybridized carbons (Fsp3) is 0.353. The van der Waals surface area contributed by atoms with Crippen LogP contribution in [-0.4, -0.2) is 27.5 Å². The molecule has 0 aliphatic rings. The maximum atomic E-state index is 13.3. The van der Waals surface area contributed by atoms with Crippen molar-refractivity contribution in [2.75, 3.05) is 0 Å². The Bertz CT molecular complexity index is 859. The Balaban J connectivity index is 2.48. The van der Waals surface area contributed by atoms with Crippen molar-refractivity contribution in [1.82, 2.24) is 10.3 Å². The second-order valence-corrected chi connectivity index (χ2v) is 6.33. The summed E-state index contributed by atoms with van der Waals surface area (Å²) < 4.78 is 13.3. The summed E-state index contributed by atoms with van der Waals surface area (Å²) >= 11 is 0. The highest BCUT2D eigenvalue weighted by molar-refractivity contribution is 6.06. The lowest BCUT2D eigenvalue weighted by Gasteiger charge is -2.33. The fourth-order valence-electron chi connectivity index (χ4n) is 2.45. The molecule has 0 fully saturated rings. The molecule has 2 rings (SSSR count). The normalized spacial score (nSPS) is 13.7. The summed E-state index contributed by atoms with van der Waals surface area (Å²) in [6, 6.07) is 4.85. The van der Waals surface area contributed by atoms with E-state index >= 15 is 0 Å². The third kappa shape index (κ3) is 3.61. The second kappa shape index (κ2) is 6.43. The van der Waals surface area contributed by atoms with Crippen LogP contribution in [0.3, 0.4) is 0 Å². The Hall–Kier alpha value is -2.70. The molecule has 0 aliphatic carbocycles. The zero-order chi connectivity index (χ0) is 18.1. The summed E-state index contributed by atoms with van der Waals surface area (Å²) in [6.07, 6.45) is -0.258. The van der Waals surface area contributed by atoms with Crippen molar-refractivity contribution in [3.05, 3.63) is 46.0 Å². The van der Waals surface area contributed by atoms with Gasteiger partial charge in [0, 0.05) is 11.5 Å². The van der Waals surface area contributed by atoms with Crippen molar-refractivity contribution in [2.45, 2.75) is 32.7 Å². The van der Waals surface area contributed by atoms with E-state index in [1.165, 1.54) is 12.1 Å². The molecule has 7 heteroatoms. The van der Waals surface area contributed by atoms with Crippen LogP contribution in [0.25, 0.3) is 10.9 Å². The van der Waals surface area contributed by atoms with Crippen molar-refractivity contribution in [3.63, 3.8) is 0 Å². The van der Waals surface area contributed by atoms with E-state index in [0.29, 0.717) is 5.39 Å². The van der Waals surface area contributed by atoms with E-state index in [2.05, 4.69) is 10.3 Å². The van der Waals surface area contributed by atoms with E-state index in [-0.39, 0.29) is 23.4 Å². The first-order valence-corrected chi connectivity index (χ1v) is 7.49. The van der Waals surface area contributed by atoms with Gasteiger partial charge in [0.2, 0.25) is 5.56 Å². The number of nitrogens with one attached hydrogen (secondary N) is 2. The number of carbonyl (C=O) groups excluding carboxylic acids is 1. The van der Waals surface area contributed by atoms with Crippen LogP contribution in [0.15, 0.2) is 29.1 Å². The van der Waals surface area contributed by atoms with Gasteiger partial charge in [-0.05, 0) is 31.0 Å². The Labute approximate surface area is 137 Å². The van der Waals surface area contributed by atoms with Crippen LogP contribution in [0.2, 0.25) is 0 Å². The number of carboxylic acids is 1. The van der Waals surface area contributed by atoms with Gasteiger partial charge in [-0.25, -0.2) is 4.39 Å². The van der Waals surface area contributed by atoms with Crippen molar-refractivity contribution in [2.24, 2.45) is 5.92 Å². The van der Waals surface area contributed by atoms with Crippen molar-refractivity contribution in [1.29, 1.82) is 0 Å². The fourth-order valence-corrected chi connectivity index (χ4v) is 2.45. The van der Waals surface area contributed by atoms with Crippen molar-refractivity contribution < 1.29 is 19.1 Å². The van der Waals surface area contributed by atoms with E-state index in [0.717, 1.165) is 12.1 Å². The number of aromatic nitrogens is 1. The topological polar surface area (TPSA) is 99.3 Å². The smallest absolute Gasteiger partial charge is 0.305 e. The summed E-state index contributed by atoms with van der Waals surface area (Å²) in [7, 11) is 0. The first-order valence-electron chi connectivity index (χ1n) is 7.49. The van der Waals surface area contributed by atoms with Crippen LogP contribution in [0, 0.1) is 11.7 Å². The molecule has 1 amide bonds. The van der Waals surface area contributed by atoms with Gasteiger partial charge in [0.15, 0.2) is 0 Å². The van der Waals surface area contributed by atoms with Gasteiger partial charge in [-0.15, -0.1) is 0 Å². The van der Waals surface area contributed by atoms with Crippen LogP contribution < -0.4 is 10.9 Å². The summed E-state index contributed by atoms with van der Waals surface area (Å²) in [5.41, 5.74) is -1.25. The molecule has 1 aromatic carbocycles. The van der Waals surface area contributed by atoms with Crippen LogP contribution in [0.5, 0.6) is 0 Å². The summed E-state index contributed by atoms with van der Waals surface area (Å²) in [4.78, 5) is 38.0. The SMILES string of the molecule is CC(C)C(C)(CC(=O)O)NC(=O)c1cc(=O)[nH]c2cc(F)ccc12. The van der Waals surface area contributed by atoms with E-state index in [1.807, 2.05) is 0 Å². The molecule has 0 aliphatic heterocycles. The molecule has 1 aromatic heterocycles. The number of aliphatic carboxylic acids is 1. The average Bonchev–Trinajstić information content (AvgIpc) is 2.44. The lowest BCUT2D eigenvalue weighted by atomic mass is 9.85. The zero-order valence-electron chi connectivity index (χ0n) is 13.6. The number of rotatable bonds is 5. The number of benzene rings is 1. The first-order chi connectivity index (χ1) is 11.1. The molecule has 24 heavy (non-hydrogen) atoms. The molecule has 0 bridgehead atoms. The minimum atomic E-state index is -1.04. The standard InChI is InChI=1S/C17H19FN2O4/c1-9(2)17(3,8-15(22)23)20-16(24)12-7-14(21)19-13-6-10(18)4-5-11(12)13/h4-7,9H,8H2,1-3H3,(H,19,21)(H,20,24)(H,22,23). The van der Waals surface area contributed by atoms with Gasteiger partial charge < -0.3 is 15.4 Å². The zero-order valence-corrected chi connectivity index (χ0v) is 13.6. The van der Waals surface area contributed by atoms with Gasteiger partial charge in [-0.3, -0.25) is 14.4 Å². The van der Waals surface area contributed by atoms with Gasteiger partial charge in [-0.2, -0.15) is 0 Å². The summed E-state index contributed by atoms with van der Waals surface area (Å²) in [6.45, 7) is 5.24. The number of halogens is 1. The Morgan fingerprint density at radius 3 is 2.58 bits per heavy atom.